The van der Waals surface area contributed by atoms with Gasteiger partial charge in [0.25, 0.3) is 0 Å². The lowest BCUT2D eigenvalue weighted by atomic mass is 10.1. The average molecular weight is 208 g/mol. The van der Waals surface area contributed by atoms with Crippen molar-refractivity contribution in [2.24, 2.45) is 5.73 Å². The second-order valence-corrected chi connectivity index (χ2v) is 3.28. The highest BCUT2D eigenvalue weighted by molar-refractivity contribution is 6.34. The van der Waals surface area contributed by atoms with Gasteiger partial charge in [-0.1, -0.05) is 23.2 Å². The van der Waals surface area contributed by atoms with Crippen LogP contribution < -0.4 is 5.73 Å². The van der Waals surface area contributed by atoms with Crippen molar-refractivity contribution in [3.05, 3.63) is 33.8 Å². The van der Waals surface area contributed by atoms with Gasteiger partial charge in [0.05, 0.1) is 0 Å². The maximum Gasteiger partial charge on any atom is 0.137 e. The van der Waals surface area contributed by atoms with Crippen LogP contribution in [0.5, 0.6) is 0 Å². The summed E-state index contributed by atoms with van der Waals surface area (Å²) in [5.74, 6) is 0. The van der Waals surface area contributed by atoms with Crippen LogP contribution in [0.25, 0.3) is 0 Å². The third kappa shape index (κ3) is 2.34. The van der Waals surface area contributed by atoms with Gasteiger partial charge in [0.2, 0.25) is 0 Å². The molecule has 0 saturated carbocycles. The number of alkyl halides is 1. The molecule has 0 aliphatic carbocycles. The van der Waals surface area contributed by atoms with E-state index in [-0.39, 0.29) is 6.54 Å². The molecule has 66 valence electrons. The van der Waals surface area contributed by atoms with Crippen LogP contribution >= 0.6 is 23.2 Å². The first kappa shape index (κ1) is 9.78. The molecule has 4 heteroatoms. The van der Waals surface area contributed by atoms with E-state index < -0.39 is 6.17 Å². The average Bonchev–Trinajstić information content (AvgIpc) is 2.01. The van der Waals surface area contributed by atoms with Gasteiger partial charge in [0.1, 0.15) is 6.17 Å². The van der Waals surface area contributed by atoms with Gasteiger partial charge in [-0.15, -0.1) is 0 Å². The molecular formula is C8H8Cl2FN. The van der Waals surface area contributed by atoms with Gasteiger partial charge in [0, 0.05) is 16.6 Å². The van der Waals surface area contributed by atoms with E-state index in [0.717, 1.165) is 0 Å². The number of benzene rings is 1. The molecule has 1 unspecified atom stereocenters. The van der Waals surface area contributed by atoms with Crippen LogP contribution in [0.4, 0.5) is 4.39 Å². The number of hydrogen-bond donors (Lipinski definition) is 1. The van der Waals surface area contributed by atoms with Gasteiger partial charge in [-0.05, 0) is 23.8 Å². The van der Waals surface area contributed by atoms with E-state index in [0.29, 0.717) is 15.6 Å². The van der Waals surface area contributed by atoms with Gasteiger partial charge < -0.3 is 5.73 Å². The zero-order chi connectivity index (χ0) is 9.14. The van der Waals surface area contributed by atoms with Gasteiger partial charge in [-0.25, -0.2) is 4.39 Å². The molecule has 2 N–H and O–H groups in total. The summed E-state index contributed by atoms with van der Waals surface area (Å²) >= 11 is 11.3. The zero-order valence-electron chi connectivity index (χ0n) is 6.23. The second kappa shape index (κ2) is 4.08. The first-order valence-electron chi connectivity index (χ1n) is 3.43. The van der Waals surface area contributed by atoms with Gasteiger partial charge in [-0.3, -0.25) is 0 Å². The van der Waals surface area contributed by atoms with Crippen LogP contribution in [0.2, 0.25) is 10.0 Å². The Kier molecular flexibility index (Phi) is 3.32. The highest BCUT2D eigenvalue weighted by Crippen LogP contribution is 2.24. The van der Waals surface area contributed by atoms with E-state index >= 15 is 0 Å². The molecule has 0 aromatic heterocycles. The molecule has 0 fully saturated rings. The lowest BCUT2D eigenvalue weighted by Gasteiger charge is -2.05. The van der Waals surface area contributed by atoms with E-state index in [1.807, 2.05) is 0 Å². The van der Waals surface area contributed by atoms with Crippen LogP contribution in [0, 0.1) is 0 Å². The quantitative estimate of drug-likeness (QED) is 0.794. The molecule has 1 nitrogen and oxygen atoms in total. The normalized spacial score (nSPS) is 13.0. The standard InChI is InChI=1S/C8H8Cl2FN/c9-6-1-5(8(11)4-12)2-7(10)3-6/h1-3,8H,4,12H2. The Morgan fingerprint density at radius 3 is 2.17 bits per heavy atom. The summed E-state index contributed by atoms with van der Waals surface area (Å²) in [5, 5.41) is 0.849. The first-order valence-corrected chi connectivity index (χ1v) is 4.19. The number of rotatable bonds is 2. The minimum Gasteiger partial charge on any atom is -0.327 e. The Hall–Kier alpha value is -0.310. The number of halogens is 3. The Morgan fingerprint density at radius 1 is 1.25 bits per heavy atom. The van der Waals surface area contributed by atoms with Crippen molar-refractivity contribution in [1.82, 2.24) is 0 Å². The molecule has 0 aliphatic heterocycles. The van der Waals surface area contributed by atoms with Crippen molar-refractivity contribution in [1.29, 1.82) is 0 Å². The SMILES string of the molecule is NCC(F)c1cc(Cl)cc(Cl)c1. The van der Waals surface area contributed by atoms with Gasteiger partial charge >= 0.3 is 0 Å². The Bertz CT molecular complexity index is 258. The maximum atomic E-state index is 13.0. The largest absolute Gasteiger partial charge is 0.327 e. The molecule has 1 aromatic rings. The van der Waals surface area contributed by atoms with Gasteiger partial charge in [0.15, 0.2) is 0 Å². The molecule has 12 heavy (non-hydrogen) atoms. The predicted octanol–water partition coefficient (Wildman–Crippen LogP) is 2.96. The zero-order valence-corrected chi connectivity index (χ0v) is 7.74. The maximum absolute atomic E-state index is 13.0. The lowest BCUT2D eigenvalue weighted by molar-refractivity contribution is 0.353. The lowest BCUT2D eigenvalue weighted by Crippen LogP contribution is -2.07. The smallest absolute Gasteiger partial charge is 0.137 e. The molecule has 0 aliphatic rings. The summed E-state index contributed by atoms with van der Waals surface area (Å²) in [7, 11) is 0. The molecule has 0 amide bonds. The molecule has 1 atom stereocenters. The minimum atomic E-state index is -1.19. The van der Waals surface area contributed by atoms with Crippen molar-refractivity contribution < 1.29 is 4.39 Å². The predicted molar refractivity (Wildman–Crippen MR) is 49.4 cm³/mol. The van der Waals surface area contributed by atoms with Crippen LogP contribution in [-0.4, -0.2) is 6.54 Å². The van der Waals surface area contributed by atoms with Crippen LogP contribution in [0.3, 0.4) is 0 Å². The van der Waals surface area contributed by atoms with Crippen LogP contribution in [0.1, 0.15) is 11.7 Å². The third-order valence-corrected chi connectivity index (χ3v) is 1.89. The van der Waals surface area contributed by atoms with E-state index in [2.05, 4.69) is 0 Å². The monoisotopic (exact) mass is 207 g/mol. The highest BCUT2D eigenvalue weighted by Gasteiger charge is 2.08. The van der Waals surface area contributed by atoms with Crippen LogP contribution in [-0.2, 0) is 0 Å². The van der Waals surface area contributed by atoms with E-state index in [9.17, 15) is 4.39 Å². The summed E-state index contributed by atoms with van der Waals surface area (Å²) in [6, 6.07) is 4.59. The fourth-order valence-electron chi connectivity index (χ4n) is 0.892. The highest BCUT2D eigenvalue weighted by atomic mass is 35.5. The molecule has 1 aromatic carbocycles. The molecule has 0 radical (unpaired) electrons. The van der Waals surface area contributed by atoms with Crippen molar-refractivity contribution in [3.63, 3.8) is 0 Å². The topological polar surface area (TPSA) is 26.0 Å². The summed E-state index contributed by atoms with van der Waals surface area (Å²) in [4.78, 5) is 0. The third-order valence-electron chi connectivity index (χ3n) is 1.45. The fraction of sp³-hybridized carbons (Fsp3) is 0.250. The van der Waals surface area contributed by atoms with E-state index in [1.54, 1.807) is 6.07 Å². The molecule has 0 heterocycles. The molecule has 1 rings (SSSR count). The van der Waals surface area contributed by atoms with Crippen molar-refractivity contribution in [2.45, 2.75) is 6.17 Å². The molecule has 0 bridgehead atoms. The minimum absolute atomic E-state index is 0.0589. The number of hydrogen-bond acceptors (Lipinski definition) is 1. The fourth-order valence-corrected chi connectivity index (χ4v) is 1.44. The Balaban J connectivity index is 3.00. The molecule has 0 spiro atoms. The van der Waals surface area contributed by atoms with Crippen molar-refractivity contribution >= 4 is 23.2 Å². The van der Waals surface area contributed by atoms with Gasteiger partial charge in [-0.2, -0.15) is 0 Å². The molecular weight excluding hydrogens is 200 g/mol. The summed E-state index contributed by atoms with van der Waals surface area (Å²) < 4.78 is 13.0. The second-order valence-electron chi connectivity index (χ2n) is 2.41. The van der Waals surface area contributed by atoms with E-state index in [4.69, 9.17) is 28.9 Å². The summed E-state index contributed by atoms with van der Waals surface area (Å²) in [6.07, 6.45) is -1.19. The van der Waals surface area contributed by atoms with Crippen molar-refractivity contribution in [3.8, 4) is 0 Å². The Morgan fingerprint density at radius 2 is 1.75 bits per heavy atom. The first-order chi connectivity index (χ1) is 5.63. The Labute approximate surface area is 80.3 Å². The summed E-state index contributed by atoms with van der Waals surface area (Å²) in [5.41, 5.74) is 5.57. The van der Waals surface area contributed by atoms with Crippen molar-refractivity contribution in [2.75, 3.05) is 6.54 Å². The van der Waals surface area contributed by atoms with Crippen LogP contribution in [0.15, 0.2) is 18.2 Å². The van der Waals surface area contributed by atoms with E-state index in [1.165, 1.54) is 12.1 Å². The molecule has 0 saturated heterocycles. The summed E-state index contributed by atoms with van der Waals surface area (Å²) in [6.45, 7) is -0.0589. The number of nitrogens with two attached hydrogens (primary N) is 1.